The van der Waals surface area contributed by atoms with Crippen molar-refractivity contribution in [2.24, 2.45) is 5.14 Å². The Bertz CT molecular complexity index is 1660. The summed E-state index contributed by atoms with van der Waals surface area (Å²) in [4.78, 5) is -0.871. The lowest BCUT2D eigenvalue weighted by Crippen LogP contribution is -2.27. The minimum Gasteiger partial charge on any atom is -0.508 e. The van der Waals surface area contributed by atoms with Crippen LogP contribution in [0.4, 0.5) is 11.4 Å². The molecule has 35 heavy (non-hydrogen) atoms. The molecular formula is C22H14Cl4N2O5S2. The van der Waals surface area contributed by atoms with Crippen LogP contribution in [0.25, 0.3) is 10.8 Å². The molecule has 0 aliphatic heterocycles. The lowest BCUT2D eigenvalue weighted by molar-refractivity contribution is 0.476. The number of primary sulfonamides is 1. The highest BCUT2D eigenvalue weighted by Gasteiger charge is 2.31. The molecule has 0 fully saturated rings. The van der Waals surface area contributed by atoms with Crippen LogP contribution in [0.2, 0.25) is 20.1 Å². The summed E-state index contributed by atoms with van der Waals surface area (Å²) in [6.45, 7) is 0. The largest absolute Gasteiger partial charge is 0.508 e. The van der Waals surface area contributed by atoms with Crippen molar-refractivity contribution in [3.8, 4) is 5.75 Å². The molecule has 182 valence electrons. The Kier molecular flexibility index (Phi) is 6.89. The molecule has 0 unspecified atom stereocenters. The fourth-order valence-electron chi connectivity index (χ4n) is 3.41. The Morgan fingerprint density at radius 3 is 1.71 bits per heavy atom. The fourth-order valence-corrected chi connectivity index (χ4v) is 6.35. The second kappa shape index (κ2) is 9.33. The second-order valence-corrected chi connectivity index (χ2v) is 12.3. The van der Waals surface area contributed by atoms with Gasteiger partial charge >= 0.3 is 0 Å². The molecule has 0 aliphatic carbocycles. The van der Waals surface area contributed by atoms with E-state index in [1.54, 1.807) is 0 Å². The molecule has 0 radical (unpaired) electrons. The molecule has 0 spiro atoms. The number of halogens is 4. The first-order chi connectivity index (χ1) is 16.3. The lowest BCUT2D eigenvalue weighted by Gasteiger charge is -2.26. The minimum atomic E-state index is -4.59. The summed E-state index contributed by atoms with van der Waals surface area (Å²) >= 11 is 24.4. The van der Waals surface area contributed by atoms with Crippen LogP contribution in [0.5, 0.6) is 5.75 Å². The highest BCUT2D eigenvalue weighted by atomic mass is 35.5. The monoisotopic (exact) mass is 590 g/mol. The SMILES string of the molecule is NS(=O)(=O)c1cc(S(=O)(=O)N(c2ccc(Cl)c(Cl)c2)c2ccc(Cl)c(Cl)c2)c2cc(O)ccc2c1. The Morgan fingerprint density at radius 1 is 0.686 bits per heavy atom. The van der Waals surface area contributed by atoms with Crippen LogP contribution in [0.3, 0.4) is 0 Å². The Hall–Kier alpha value is -2.24. The molecule has 0 bridgehead atoms. The number of sulfonamides is 2. The molecule has 0 amide bonds. The Morgan fingerprint density at radius 2 is 1.23 bits per heavy atom. The summed E-state index contributed by atoms with van der Waals surface area (Å²) in [5.74, 6) is -0.229. The summed E-state index contributed by atoms with van der Waals surface area (Å²) in [5.41, 5.74) is 0.152. The molecule has 0 atom stereocenters. The summed E-state index contributed by atoms with van der Waals surface area (Å²) in [5, 5.41) is 16.2. The number of hydrogen-bond donors (Lipinski definition) is 2. The minimum absolute atomic E-state index is 0.0579. The summed E-state index contributed by atoms with van der Waals surface area (Å²) < 4.78 is 53.6. The van der Waals surface area contributed by atoms with Crippen molar-refractivity contribution in [3.05, 3.63) is 86.8 Å². The van der Waals surface area contributed by atoms with Gasteiger partial charge in [-0.1, -0.05) is 52.5 Å². The van der Waals surface area contributed by atoms with Crippen molar-refractivity contribution in [3.63, 3.8) is 0 Å². The van der Waals surface area contributed by atoms with Gasteiger partial charge < -0.3 is 5.11 Å². The van der Waals surface area contributed by atoms with E-state index in [1.165, 1.54) is 60.7 Å². The number of phenolic OH excluding ortho intramolecular Hbond substituents is 1. The van der Waals surface area contributed by atoms with E-state index in [1.807, 2.05) is 0 Å². The molecule has 0 aliphatic rings. The maximum absolute atomic E-state index is 14.2. The third kappa shape index (κ3) is 5.03. The number of benzene rings is 4. The van der Waals surface area contributed by atoms with Crippen molar-refractivity contribution in [1.82, 2.24) is 0 Å². The van der Waals surface area contributed by atoms with Crippen LogP contribution in [0.15, 0.2) is 76.5 Å². The van der Waals surface area contributed by atoms with Gasteiger partial charge in [-0.3, -0.25) is 0 Å². The molecular weight excluding hydrogens is 578 g/mol. The van der Waals surface area contributed by atoms with Crippen molar-refractivity contribution < 1.29 is 21.9 Å². The number of anilines is 2. The molecule has 0 saturated heterocycles. The molecule has 0 aromatic heterocycles. The van der Waals surface area contributed by atoms with Gasteiger partial charge in [-0.05, 0) is 66.0 Å². The number of phenols is 1. The van der Waals surface area contributed by atoms with Gasteiger partial charge in [-0.25, -0.2) is 26.3 Å². The zero-order valence-corrected chi connectivity index (χ0v) is 21.9. The van der Waals surface area contributed by atoms with Crippen molar-refractivity contribution in [1.29, 1.82) is 0 Å². The normalized spacial score (nSPS) is 12.1. The predicted octanol–water partition coefficient (Wildman–Crippen LogP) is 6.33. The Labute approximate surface area is 221 Å². The average molecular weight is 592 g/mol. The zero-order valence-electron chi connectivity index (χ0n) is 17.3. The van der Waals surface area contributed by atoms with Gasteiger partial charge in [0.25, 0.3) is 10.0 Å². The second-order valence-electron chi connectivity index (χ2n) is 7.34. The van der Waals surface area contributed by atoms with E-state index in [9.17, 15) is 21.9 Å². The fraction of sp³-hybridized carbons (Fsp3) is 0. The molecule has 4 aromatic carbocycles. The van der Waals surface area contributed by atoms with Gasteiger partial charge in [-0.15, -0.1) is 0 Å². The third-order valence-electron chi connectivity index (χ3n) is 5.00. The highest BCUT2D eigenvalue weighted by Crippen LogP contribution is 2.40. The third-order valence-corrected chi connectivity index (χ3v) is 9.16. The van der Waals surface area contributed by atoms with Crippen molar-refractivity contribution in [2.45, 2.75) is 9.79 Å². The van der Waals surface area contributed by atoms with Gasteiger partial charge in [0.15, 0.2) is 0 Å². The average Bonchev–Trinajstić information content (AvgIpc) is 2.77. The van der Waals surface area contributed by atoms with Gasteiger partial charge in [0.1, 0.15) is 5.75 Å². The topological polar surface area (TPSA) is 118 Å². The van der Waals surface area contributed by atoms with E-state index >= 15 is 0 Å². The van der Waals surface area contributed by atoms with Crippen LogP contribution in [0, 0.1) is 0 Å². The molecule has 4 rings (SSSR count). The predicted molar refractivity (Wildman–Crippen MR) is 139 cm³/mol. The molecule has 0 saturated carbocycles. The van der Waals surface area contributed by atoms with Crippen molar-refractivity contribution in [2.75, 3.05) is 4.31 Å². The van der Waals surface area contributed by atoms with E-state index in [0.29, 0.717) is 0 Å². The molecule has 0 heterocycles. The lowest BCUT2D eigenvalue weighted by atomic mass is 10.1. The maximum Gasteiger partial charge on any atom is 0.269 e. The first kappa shape index (κ1) is 25.8. The molecule has 3 N–H and O–H groups in total. The number of fused-ring (bicyclic) bond motifs is 1. The number of nitrogens with two attached hydrogens (primary N) is 1. The van der Waals surface area contributed by atoms with E-state index in [0.717, 1.165) is 10.4 Å². The van der Waals surface area contributed by atoms with E-state index in [2.05, 4.69) is 0 Å². The quantitative estimate of drug-likeness (QED) is 0.281. The number of aromatic hydroxyl groups is 1. The number of nitrogens with zero attached hydrogens (tertiary/aromatic N) is 1. The smallest absolute Gasteiger partial charge is 0.269 e. The van der Waals surface area contributed by atoms with Gasteiger partial charge in [0, 0.05) is 5.39 Å². The molecule has 4 aromatic rings. The summed E-state index contributed by atoms with van der Waals surface area (Å²) in [6, 6.07) is 14.3. The maximum atomic E-state index is 14.2. The number of hydrogen-bond acceptors (Lipinski definition) is 5. The number of rotatable bonds is 5. The van der Waals surface area contributed by atoms with Gasteiger partial charge in [0.05, 0.1) is 41.3 Å². The van der Waals surface area contributed by atoms with Gasteiger partial charge in [-0.2, -0.15) is 0 Å². The first-order valence-electron chi connectivity index (χ1n) is 9.54. The van der Waals surface area contributed by atoms with Crippen LogP contribution >= 0.6 is 46.4 Å². The highest BCUT2D eigenvalue weighted by molar-refractivity contribution is 7.93. The standard InChI is InChI=1S/C22H14Cl4N2O5S2/c23-18-5-2-13(8-20(18)25)28(14-3-6-19(24)21(26)9-14)35(32,33)22-11-16(34(27,30)31)7-12-1-4-15(29)10-17(12)22/h1-11,29H,(H2,27,30,31). The summed E-state index contributed by atoms with van der Waals surface area (Å²) in [7, 11) is -8.88. The van der Waals surface area contributed by atoms with Gasteiger partial charge in [0.2, 0.25) is 10.0 Å². The zero-order chi connectivity index (χ0) is 25.7. The van der Waals surface area contributed by atoms with Crippen molar-refractivity contribution >= 4 is 88.6 Å². The first-order valence-corrected chi connectivity index (χ1v) is 14.0. The van der Waals surface area contributed by atoms with E-state index in [-0.39, 0.29) is 48.0 Å². The Balaban J connectivity index is 2.10. The van der Waals surface area contributed by atoms with Crippen LogP contribution < -0.4 is 9.44 Å². The van der Waals surface area contributed by atoms with E-state index < -0.39 is 29.8 Å². The van der Waals surface area contributed by atoms with Crippen LogP contribution in [-0.2, 0) is 20.0 Å². The molecule has 7 nitrogen and oxygen atoms in total. The van der Waals surface area contributed by atoms with Crippen LogP contribution in [-0.4, -0.2) is 21.9 Å². The van der Waals surface area contributed by atoms with Crippen LogP contribution in [0.1, 0.15) is 0 Å². The van der Waals surface area contributed by atoms with E-state index in [4.69, 9.17) is 51.5 Å². The molecule has 13 heteroatoms. The summed E-state index contributed by atoms with van der Waals surface area (Å²) in [6.07, 6.45) is 0.